The summed E-state index contributed by atoms with van der Waals surface area (Å²) in [5.74, 6) is 0. The predicted octanol–water partition coefficient (Wildman–Crippen LogP) is 1.80. The Labute approximate surface area is 85.3 Å². The molecule has 0 fully saturated rings. The predicted molar refractivity (Wildman–Crippen MR) is 56.4 cm³/mol. The highest BCUT2D eigenvalue weighted by Crippen LogP contribution is 2.20. The summed E-state index contributed by atoms with van der Waals surface area (Å²) in [5, 5.41) is 9.12. The highest BCUT2D eigenvalue weighted by molar-refractivity contribution is 5.26. The van der Waals surface area contributed by atoms with Crippen molar-refractivity contribution in [1.82, 2.24) is 4.57 Å². The average Bonchev–Trinajstić information content (AvgIpc) is 2.41. The third-order valence-electron chi connectivity index (χ3n) is 2.61. The van der Waals surface area contributed by atoms with E-state index >= 15 is 0 Å². The normalized spacial score (nSPS) is 13.2. The van der Waals surface area contributed by atoms with Gasteiger partial charge in [-0.3, -0.25) is 0 Å². The van der Waals surface area contributed by atoms with Crippen molar-refractivity contribution in [2.75, 3.05) is 13.7 Å². The third kappa shape index (κ3) is 1.99. The van der Waals surface area contributed by atoms with Crippen LogP contribution in [-0.2, 0) is 11.3 Å². The first-order valence-electron chi connectivity index (χ1n) is 4.89. The molecule has 14 heavy (non-hydrogen) atoms. The Morgan fingerprint density at radius 3 is 2.57 bits per heavy atom. The lowest BCUT2D eigenvalue weighted by molar-refractivity contribution is 0.160. The molecule has 0 aliphatic heterocycles. The number of ether oxygens (including phenoxy) is 1. The number of methoxy groups -OCH3 is 1. The molecule has 1 rings (SSSR count). The Bertz CT molecular complexity index is 304. The second kappa shape index (κ2) is 4.62. The number of nitrogens with zero attached hydrogens (tertiary/aromatic N) is 1. The van der Waals surface area contributed by atoms with Crippen LogP contribution in [0.3, 0.4) is 0 Å². The molecule has 1 N–H and O–H groups in total. The van der Waals surface area contributed by atoms with Gasteiger partial charge in [0.05, 0.1) is 19.3 Å². The number of aromatic nitrogens is 1. The van der Waals surface area contributed by atoms with Gasteiger partial charge in [-0.15, -0.1) is 0 Å². The van der Waals surface area contributed by atoms with Crippen molar-refractivity contribution in [3.63, 3.8) is 0 Å². The molecular weight excluding hydrogens is 178 g/mol. The van der Waals surface area contributed by atoms with Gasteiger partial charge >= 0.3 is 0 Å². The van der Waals surface area contributed by atoms with Gasteiger partial charge in [-0.2, -0.15) is 0 Å². The van der Waals surface area contributed by atoms with Crippen LogP contribution in [0.5, 0.6) is 0 Å². The first kappa shape index (κ1) is 11.3. The molecule has 0 amide bonds. The average molecular weight is 197 g/mol. The molecule has 1 atom stereocenters. The number of aliphatic hydroxyl groups is 1. The molecule has 0 bridgehead atoms. The van der Waals surface area contributed by atoms with E-state index in [1.807, 2.05) is 13.0 Å². The Morgan fingerprint density at radius 1 is 1.50 bits per heavy atom. The van der Waals surface area contributed by atoms with Gasteiger partial charge < -0.3 is 14.4 Å². The second-order valence-corrected chi connectivity index (χ2v) is 3.73. The first-order chi connectivity index (χ1) is 6.61. The lowest BCUT2D eigenvalue weighted by Crippen LogP contribution is -2.13. The van der Waals surface area contributed by atoms with Crippen molar-refractivity contribution < 1.29 is 9.84 Å². The van der Waals surface area contributed by atoms with Gasteiger partial charge in [0, 0.05) is 18.5 Å². The zero-order chi connectivity index (χ0) is 10.7. The molecule has 3 heteroatoms. The number of hydrogen-bond acceptors (Lipinski definition) is 2. The minimum Gasteiger partial charge on any atom is -0.392 e. The van der Waals surface area contributed by atoms with Crippen LogP contribution in [0.15, 0.2) is 6.07 Å². The smallest absolute Gasteiger partial charge is 0.0699 e. The fraction of sp³-hybridized carbons (Fsp3) is 0.636. The van der Waals surface area contributed by atoms with E-state index in [-0.39, 0.29) is 6.61 Å². The molecule has 0 saturated heterocycles. The Balaban J connectivity index is 3.01. The maximum atomic E-state index is 9.12. The molecule has 3 nitrogen and oxygen atoms in total. The van der Waals surface area contributed by atoms with Crippen molar-refractivity contribution in [3.05, 3.63) is 23.0 Å². The summed E-state index contributed by atoms with van der Waals surface area (Å²) in [7, 11) is 1.71. The molecule has 1 aromatic rings. The number of aryl methyl sites for hydroxylation is 1. The van der Waals surface area contributed by atoms with Crippen LogP contribution in [0.4, 0.5) is 0 Å². The number of hydrogen-bond donors (Lipinski definition) is 1. The van der Waals surface area contributed by atoms with E-state index in [0.717, 1.165) is 11.3 Å². The lowest BCUT2D eigenvalue weighted by atomic mass is 10.2. The second-order valence-electron chi connectivity index (χ2n) is 3.73. The van der Waals surface area contributed by atoms with Gasteiger partial charge in [0.1, 0.15) is 0 Å². The molecule has 0 radical (unpaired) electrons. The minimum atomic E-state index is 0.110. The summed E-state index contributed by atoms with van der Waals surface area (Å²) in [5.41, 5.74) is 3.32. The van der Waals surface area contributed by atoms with Crippen LogP contribution < -0.4 is 0 Å². The van der Waals surface area contributed by atoms with E-state index < -0.39 is 0 Å². The third-order valence-corrected chi connectivity index (χ3v) is 2.61. The van der Waals surface area contributed by atoms with Gasteiger partial charge in [0.25, 0.3) is 0 Å². The highest BCUT2D eigenvalue weighted by atomic mass is 16.5. The van der Waals surface area contributed by atoms with E-state index in [4.69, 9.17) is 9.84 Å². The zero-order valence-corrected chi connectivity index (χ0v) is 9.37. The topological polar surface area (TPSA) is 34.4 Å². The van der Waals surface area contributed by atoms with Gasteiger partial charge in [0.15, 0.2) is 0 Å². The van der Waals surface area contributed by atoms with E-state index in [9.17, 15) is 0 Å². The van der Waals surface area contributed by atoms with E-state index in [2.05, 4.69) is 18.4 Å². The Hall–Kier alpha value is -0.800. The summed E-state index contributed by atoms with van der Waals surface area (Å²) >= 11 is 0. The van der Waals surface area contributed by atoms with Gasteiger partial charge in [-0.05, 0) is 32.4 Å². The molecule has 0 aliphatic rings. The zero-order valence-electron chi connectivity index (χ0n) is 9.37. The van der Waals surface area contributed by atoms with Crippen molar-refractivity contribution in [2.24, 2.45) is 0 Å². The standard InChI is InChI=1S/C11H19NO2/c1-8-5-11(6-13)10(3)12(8)9(2)7-14-4/h5,9,13H,6-7H2,1-4H3. The van der Waals surface area contributed by atoms with Crippen LogP contribution in [-0.4, -0.2) is 23.4 Å². The number of aliphatic hydroxyl groups excluding tert-OH is 1. The van der Waals surface area contributed by atoms with Gasteiger partial charge in [0.2, 0.25) is 0 Å². The quantitative estimate of drug-likeness (QED) is 0.798. The van der Waals surface area contributed by atoms with Gasteiger partial charge in [-0.1, -0.05) is 0 Å². The van der Waals surface area contributed by atoms with Gasteiger partial charge in [-0.25, -0.2) is 0 Å². The minimum absolute atomic E-state index is 0.110. The van der Waals surface area contributed by atoms with E-state index in [1.54, 1.807) is 7.11 Å². The maximum absolute atomic E-state index is 9.12. The first-order valence-corrected chi connectivity index (χ1v) is 4.89. The van der Waals surface area contributed by atoms with Crippen molar-refractivity contribution in [3.8, 4) is 0 Å². The maximum Gasteiger partial charge on any atom is 0.0699 e. The van der Waals surface area contributed by atoms with Crippen LogP contribution >= 0.6 is 0 Å². The summed E-state index contributed by atoms with van der Waals surface area (Å²) in [6, 6.07) is 2.35. The van der Waals surface area contributed by atoms with Crippen molar-refractivity contribution in [2.45, 2.75) is 33.4 Å². The van der Waals surface area contributed by atoms with Crippen LogP contribution in [0.1, 0.15) is 29.9 Å². The van der Waals surface area contributed by atoms with Crippen LogP contribution in [0.25, 0.3) is 0 Å². The van der Waals surface area contributed by atoms with Crippen LogP contribution in [0.2, 0.25) is 0 Å². The fourth-order valence-corrected chi connectivity index (χ4v) is 2.00. The van der Waals surface area contributed by atoms with Crippen molar-refractivity contribution in [1.29, 1.82) is 0 Å². The molecule has 1 aromatic heterocycles. The van der Waals surface area contributed by atoms with E-state index in [0.29, 0.717) is 12.6 Å². The monoisotopic (exact) mass is 197 g/mol. The fourth-order valence-electron chi connectivity index (χ4n) is 2.00. The van der Waals surface area contributed by atoms with Crippen LogP contribution in [0, 0.1) is 13.8 Å². The summed E-state index contributed by atoms with van der Waals surface area (Å²) in [4.78, 5) is 0. The lowest BCUT2D eigenvalue weighted by Gasteiger charge is -2.17. The molecular formula is C11H19NO2. The highest BCUT2D eigenvalue weighted by Gasteiger charge is 2.12. The molecule has 1 unspecified atom stereocenters. The Kier molecular flexibility index (Phi) is 3.72. The molecule has 0 aliphatic carbocycles. The summed E-state index contributed by atoms with van der Waals surface area (Å²) in [6.45, 7) is 7.01. The molecule has 1 heterocycles. The SMILES string of the molecule is COCC(C)n1c(C)cc(CO)c1C. The molecule has 0 spiro atoms. The van der Waals surface area contributed by atoms with Crippen molar-refractivity contribution >= 4 is 0 Å². The van der Waals surface area contributed by atoms with E-state index in [1.165, 1.54) is 5.69 Å². The molecule has 0 aromatic carbocycles. The molecule has 0 saturated carbocycles. The summed E-state index contributed by atoms with van der Waals surface area (Å²) in [6.07, 6.45) is 0. The summed E-state index contributed by atoms with van der Waals surface area (Å²) < 4.78 is 7.33. The largest absolute Gasteiger partial charge is 0.392 e. The number of rotatable bonds is 4. The molecule has 80 valence electrons. The Morgan fingerprint density at radius 2 is 2.14 bits per heavy atom.